The lowest BCUT2D eigenvalue weighted by molar-refractivity contribution is -0.107. The van der Waals surface area contributed by atoms with E-state index in [1.807, 2.05) is 39.8 Å². The number of carbonyl (C=O) groups is 1. The first-order chi connectivity index (χ1) is 11.1. The summed E-state index contributed by atoms with van der Waals surface area (Å²) in [5.41, 5.74) is 1.63. The SMILES string of the molecule is CC.CC.CNC1CCC(C)(C)CC1.O=CCc1ccncc1. The van der Waals surface area contributed by atoms with Gasteiger partial charge in [-0.15, -0.1) is 0 Å². The van der Waals surface area contributed by atoms with Crippen LogP contribution in [0.5, 0.6) is 0 Å². The molecule has 3 heteroatoms. The molecule has 1 aliphatic carbocycles. The maximum atomic E-state index is 9.95. The van der Waals surface area contributed by atoms with E-state index in [9.17, 15) is 4.79 Å². The Hall–Kier alpha value is -1.22. The van der Waals surface area contributed by atoms with Crippen LogP contribution in [0.4, 0.5) is 0 Å². The summed E-state index contributed by atoms with van der Waals surface area (Å²) in [5, 5.41) is 3.34. The first-order valence-electron chi connectivity index (χ1n) is 9.07. The van der Waals surface area contributed by atoms with E-state index < -0.39 is 0 Å². The molecular weight excluding hydrogens is 284 g/mol. The predicted octanol–water partition coefficient (Wildman–Crippen LogP) is 5.05. The van der Waals surface area contributed by atoms with E-state index in [1.165, 1.54) is 25.7 Å². The normalized spacial score (nSPS) is 15.6. The zero-order valence-corrected chi connectivity index (χ0v) is 16.4. The molecule has 23 heavy (non-hydrogen) atoms. The summed E-state index contributed by atoms with van der Waals surface area (Å²) >= 11 is 0. The fourth-order valence-electron chi connectivity index (χ4n) is 2.30. The Bertz CT molecular complexity index is 353. The molecule has 0 radical (unpaired) electrons. The summed E-state index contributed by atoms with van der Waals surface area (Å²) in [6.45, 7) is 12.7. The van der Waals surface area contributed by atoms with Gasteiger partial charge in [0.1, 0.15) is 6.29 Å². The van der Waals surface area contributed by atoms with E-state index in [0.717, 1.165) is 17.9 Å². The molecule has 0 spiro atoms. The standard InChI is InChI=1S/C9H19N.C7H7NO.2C2H6/c1-9(2)6-4-8(10-3)5-7-9;9-6-3-7-1-4-8-5-2-7;2*1-2/h8,10H,4-7H2,1-3H3;1-2,4-6H,3H2;2*1-2H3. The van der Waals surface area contributed by atoms with Gasteiger partial charge in [-0.2, -0.15) is 0 Å². The van der Waals surface area contributed by atoms with Crippen LogP contribution in [0, 0.1) is 5.41 Å². The maximum Gasteiger partial charge on any atom is 0.124 e. The number of carbonyl (C=O) groups excluding carboxylic acids is 1. The molecule has 1 saturated carbocycles. The Morgan fingerprint density at radius 1 is 1.13 bits per heavy atom. The fourth-order valence-corrected chi connectivity index (χ4v) is 2.30. The molecule has 0 bridgehead atoms. The predicted molar refractivity (Wildman–Crippen MR) is 102 cm³/mol. The van der Waals surface area contributed by atoms with Crippen LogP contribution >= 0.6 is 0 Å². The number of hydrogen-bond donors (Lipinski definition) is 1. The van der Waals surface area contributed by atoms with Gasteiger partial charge >= 0.3 is 0 Å². The number of pyridine rings is 1. The van der Waals surface area contributed by atoms with Crippen molar-refractivity contribution in [2.45, 2.75) is 79.7 Å². The minimum absolute atomic E-state index is 0.489. The largest absolute Gasteiger partial charge is 0.317 e. The fraction of sp³-hybridized carbons (Fsp3) is 0.700. The molecule has 0 amide bonds. The van der Waals surface area contributed by atoms with E-state index >= 15 is 0 Å². The molecule has 134 valence electrons. The number of rotatable bonds is 3. The van der Waals surface area contributed by atoms with Crippen LogP contribution in [0.25, 0.3) is 0 Å². The van der Waals surface area contributed by atoms with Crippen LogP contribution in [-0.4, -0.2) is 24.4 Å². The molecule has 2 rings (SSSR count). The van der Waals surface area contributed by atoms with E-state index in [1.54, 1.807) is 12.4 Å². The first-order valence-corrected chi connectivity index (χ1v) is 9.07. The van der Waals surface area contributed by atoms with Crippen LogP contribution in [0.1, 0.15) is 72.8 Å². The lowest BCUT2D eigenvalue weighted by Gasteiger charge is -2.33. The van der Waals surface area contributed by atoms with Crippen molar-refractivity contribution in [1.29, 1.82) is 0 Å². The van der Waals surface area contributed by atoms with Crippen LogP contribution in [0.15, 0.2) is 24.5 Å². The number of aldehydes is 1. The third kappa shape index (κ3) is 13.0. The highest BCUT2D eigenvalue weighted by Crippen LogP contribution is 2.34. The number of nitrogens with zero attached hydrogens (tertiary/aromatic N) is 1. The van der Waals surface area contributed by atoms with E-state index in [-0.39, 0.29) is 0 Å². The smallest absolute Gasteiger partial charge is 0.124 e. The average Bonchev–Trinajstić information content (AvgIpc) is 2.60. The highest BCUT2D eigenvalue weighted by atomic mass is 16.1. The maximum absolute atomic E-state index is 9.95. The van der Waals surface area contributed by atoms with Crippen LogP contribution < -0.4 is 5.32 Å². The third-order valence-corrected chi connectivity index (χ3v) is 3.82. The Kier molecular flexibility index (Phi) is 16.4. The number of aromatic nitrogens is 1. The molecule has 1 aromatic rings. The van der Waals surface area contributed by atoms with Gasteiger partial charge in [0.2, 0.25) is 0 Å². The number of hydrogen-bond acceptors (Lipinski definition) is 3. The van der Waals surface area contributed by atoms with Crippen LogP contribution in [-0.2, 0) is 11.2 Å². The Balaban J connectivity index is 0. The molecule has 3 nitrogen and oxygen atoms in total. The summed E-state index contributed by atoms with van der Waals surface area (Å²) in [7, 11) is 2.07. The Morgan fingerprint density at radius 2 is 1.61 bits per heavy atom. The van der Waals surface area contributed by atoms with E-state index in [0.29, 0.717) is 11.8 Å². The van der Waals surface area contributed by atoms with Crippen molar-refractivity contribution in [2.24, 2.45) is 5.41 Å². The summed E-state index contributed by atoms with van der Waals surface area (Å²) < 4.78 is 0. The monoisotopic (exact) mass is 322 g/mol. The Labute approximate surface area is 144 Å². The zero-order valence-electron chi connectivity index (χ0n) is 16.4. The van der Waals surface area contributed by atoms with Gasteiger partial charge in [-0.25, -0.2) is 0 Å². The van der Waals surface area contributed by atoms with Crippen molar-refractivity contribution in [2.75, 3.05) is 7.05 Å². The van der Waals surface area contributed by atoms with Gasteiger partial charge in [-0.05, 0) is 55.8 Å². The van der Waals surface area contributed by atoms with Gasteiger partial charge in [0.05, 0.1) is 0 Å². The highest BCUT2D eigenvalue weighted by molar-refractivity contribution is 5.54. The van der Waals surface area contributed by atoms with Gasteiger partial charge in [-0.1, -0.05) is 41.5 Å². The van der Waals surface area contributed by atoms with Gasteiger partial charge in [0, 0.05) is 24.9 Å². The average molecular weight is 323 g/mol. The summed E-state index contributed by atoms with van der Waals surface area (Å²) in [5.74, 6) is 0. The van der Waals surface area contributed by atoms with Crippen molar-refractivity contribution in [3.8, 4) is 0 Å². The van der Waals surface area contributed by atoms with Crippen LogP contribution in [0.3, 0.4) is 0 Å². The lowest BCUT2D eigenvalue weighted by Crippen LogP contribution is -2.33. The van der Waals surface area contributed by atoms with E-state index in [4.69, 9.17) is 0 Å². The van der Waals surface area contributed by atoms with Gasteiger partial charge in [-0.3, -0.25) is 4.98 Å². The summed E-state index contributed by atoms with van der Waals surface area (Å²) in [6, 6.07) is 4.45. The summed E-state index contributed by atoms with van der Waals surface area (Å²) in [6.07, 6.45) is 10.2. The van der Waals surface area contributed by atoms with Crippen molar-refractivity contribution in [3.05, 3.63) is 30.1 Å². The molecule has 1 aromatic heterocycles. The van der Waals surface area contributed by atoms with E-state index in [2.05, 4.69) is 31.2 Å². The highest BCUT2D eigenvalue weighted by Gasteiger charge is 2.25. The molecular formula is C20H38N2O. The van der Waals surface area contributed by atoms with Gasteiger partial charge < -0.3 is 10.1 Å². The minimum atomic E-state index is 0.489. The third-order valence-electron chi connectivity index (χ3n) is 3.82. The number of nitrogens with one attached hydrogen (secondary N) is 1. The lowest BCUT2D eigenvalue weighted by atomic mass is 9.76. The molecule has 0 aromatic carbocycles. The zero-order chi connectivity index (χ0) is 18.1. The molecule has 1 aliphatic rings. The minimum Gasteiger partial charge on any atom is -0.317 e. The molecule has 1 N–H and O–H groups in total. The summed E-state index contributed by atoms with van der Waals surface area (Å²) in [4.78, 5) is 13.8. The van der Waals surface area contributed by atoms with Crippen LogP contribution in [0.2, 0.25) is 0 Å². The molecule has 1 fully saturated rings. The molecule has 0 atom stereocenters. The molecule has 0 unspecified atom stereocenters. The second-order valence-corrected chi connectivity index (χ2v) is 5.95. The topological polar surface area (TPSA) is 42.0 Å². The quantitative estimate of drug-likeness (QED) is 0.792. The van der Waals surface area contributed by atoms with Crippen molar-refractivity contribution < 1.29 is 4.79 Å². The second kappa shape index (κ2) is 15.7. The molecule has 0 aliphatic heterocycles. The van der Waals surface area contributed by atoms with Gasteiger partial charge in [0.15, 0.2) is 0 Å². The van der Waals surface area contributed by atoms with Crippen molar-refractivity contribution in [1.82, 2.24) is 10.3 Å². The molecule has 1 heterocycles. The molecule has 0 saturated heterocycles. The van der Waals surface area contributed by atoms with Gasteiger partial charge in [0.25, 0.3) is 0 Å². The van der Waals surface area contributed by atoms with Crippen molar-refractivity contribution >= 4 is 6.29 Å². The first kappa shape index (κ1) is 24.0. The second-order valence-electron chi connectivity index (χ2n) is 5.95. The Morgan fingerprint density at radius 3 is 2.00 bits per heavy atom. The van der Waals surface area contributed by atoms with Crippen molar-refractivity contribution in [3.63, 3.8) is 0 Å².